The van der Waals surface area contributed by atoms with Crippen LogP contribution in [0.2, 0.25) is 0 Å². The number of anilines is 1. The van der Waals surface area contributed by atoms with Crippen molar-refractivity contribution in [3.8, 4) is 5.75 Å². The minimum absolute atomic E-state index is 0.294. The molecule has 0 spiro atoms. The highest BCUT2D eigenvalue weighted by molar-refractivity contribution is 5.84. The van der Waals surface area contributed by atoms with Gasteiger partial charge in [0.05, 0.1) is 6.21 Å². The summed E-state index contributed by atoms with van der Waals surface area (Å²) >= 11 is 0. The summed E-state index contributed by atoms with van der Waals surface area (Å²) < 4.78 is 5.61. The number of carbonyl (C=O) groups is 1. The van der Waals surface area contributed by atoms with E-state index in [1.165, 1.54) is 0 Å². The summed E-state index contributed by atoms with van der Waals surface area (Å²) in [6.07, 6.45) is 0.983. The van der Waals surface area contributed by atoms with Gasteiger partial charge >= 0.3 is 0 Å². The predicted octanol–water partition coefficient (Wildman–Crippen LogP) is 2.98. The summed E-state index contributed by atoms with van der Waals surface area (Å²) in [4.78, 5) is 14.0. The van der Waals surface area contributed by atoms with Crippen LogP contribution in [-0.4, -0.2) is 32.3 Å². The molecule has 0 heterocycles. The van der Waals surface area contributed by atoms with Crippen molar-refractivity contribution < 1.29 is 9.53 Å². The number of nitrogens with one attached hydrogen (secondary N) is 1. The number of aryl methyl sites for hydroxylation is 1. The van der Waals surface area contributed by atoms with Crippen molar-refractivity contribution in [2.24, 2.45) is 5.10 Å². The third kappa shape index (κ3) is 5.12. The van der Waals surface area contributed by atoms with Gasteiger partial charge in [0.2, 0.25) is 0 Å². The molecule has 0 aromatic heterocycles. The molecule has 5 heteroatoms. The third-order valence-corrected chi connectivity index (χ3v) is 3.47. The Bertz CT molecular complexity index is 709. The normalized spacial score (nSPS) is 12.0. The van der Waals surface area contributed by atoms with Gasteiger partial charge in [-0.05, 0) is 49.2 Å². The third-order valence-electron chi connectivity index (χ3n) is 3.47. The first-order valence-electron chi connectivity index (χ1n) is 7.79. The van der Waals surface area contributed by atoms with Crippen molar-refractivity contribution in [2.75, 3.05) is 19.0 Å². The monoisotopic (exact) mass is 325 g/mol. The van der Waals surface area contributed by atoms with Crippen LogP contribution in [0.5, 0.6) is 5.75 Å². The molecule has 0 aliphatic rings. The van der Waals surface area contributed by atoms with Crippen LogP contribution in [0.4, 0.5) is 5.69 Å². The smallest absolute Gasteiger partial charge is 0.280 e. The van der Waals surface area contributed by atoms with Gasteiger partial charge < -0.3 is 9.64 Å². The van der Waals surface area contributed by atoms with Crippen LogP contribution in [0.3, 0.4) is 0 Å². The van der Waals surface area contributed by atoms with E-state index in [0.717, 1.165) is 16.8 Å². The molecule has 2 aromatic carbocycles. The maximum atomic E-state index is 12.0. The summed E-state index contributed by atoms with van der Waals surface area (Å²) in [5.41, 5.74) is 5.60. The Kier molecular flexibility index (Phi) is 5.95. The molecule has 0 aliphatic heterocycles. The van der Waals surface area contributed by atoms with E-state index in [2.05, 4.69) is 10.5 Å². The van der Waals surface area contributed by atoms with Crippen molar-refractivity contribution in [1.82, 2.24) is 5.43 Å². The first-order chi connectivity index (χ1) is 11.5. The zero-order valence-electron chi connectivity index (χ0n) is 14.5. The van der Waals surface area contributed by atoms with Gasteiger partial charge in [0.15, 0.2) is 6.10 Å². The number of hydrogen-bond donors (Lipinski definition) is 1. The number of amides is 1. The van der Waals surface area contributed by atoms with E-state index in [-0.39, 0.29) is 5.91 Å². The van der Waals surface area contributed by atoms with Gasteiger partial charge in [0.1, 0.15) is 5.75 Å². The van der Waals surface area contributed by atoms with Crippen molar-refractivity contribution in [3.05, 3.63) is 59.7 Å². The summed E-state index contributed by atoms with van der Waals surface area (Å²) in [6.45, 7) is 3.67. The van der Waals surface area contributed by atoms with Gasteiger partial charge in [-0.3, -0.25) is 4.79 Å². The van der Waals surface area contributed by atoms with Gasteiger partial charge in [-0.25, -0.2) is 5.43 Å². The summed E-state index contributed by atoms with van der Waals surface area (Å²) in [7, 11) is 3.97. The lowest BCUT2D eigenvalue weighted by Crippen LogP contribution is -2.33. The summed E-state index contributed by atoms with van der Waals surface area (Å²) in [5, 5.41) is 3.98. The molecule has 0 saturated heterocycles. The van der Waals surface area contributed by atoms with Gasteiger partial charge in [-0.2, -0.15) is 5.10 Å². The molecule has 0 fully saturated rings. The number of benzene rings is 2. The Morgan fingerprint density at radius 3 is 2.54 bits per heavy atom. The second-order valence-electron chi connectivity index (χ2n) is 5.80. The predicted molar refractivity (Wildman–Crippen MR) is 97.8 cm³/mol. The van der Waals surface area contributed by atoms with Crippen molar-refractivity contribution in [3.63, 3.8) is 0 Å². The van der Waals surface area contributed by atoms with Crippen LogP contribution < -0.4 is 15.1 Å². The van der Waals surface area contributed by atoms with Crippen LogP contribution in [0.25, 0.3) is 0 Å². The Labute approximate surface area is 142 Å². The van der Waals surface area contributed by atoms with E-state index in [1.54, 1.807) is 13.1 Å². The highest BCUT2D eigenvalue weighted by Gasteiger charge is 2.13. The van der Waals surface area contributed by atoms with Crippen molar-refractivity contribution in [2.45, 2.75) is 20.0 Å². The average molecular weight is 325 g/mol. The lowest BCUT2D eigenvalue weighted by atomic mass is 10.2. The standard InChI is InChI=1S/C19H23N3O2/c1-14-6-5-7-18(12-14)24-15(2)19(23)21-20-13-16-8-10-17(11-9-16)22(3)4/h5-13,15H,1-4H3,(H,21,23). The van der Waals surface area contributed by atoms with E-state index >= 15 is 0 Å². The van der Waals surface area contributed by atoms with Crippen molar-refractivity contribution >= 4 is 17.8 Å². The first-order valence-corrected chi connectivity index (χ1v) is 7.79. The van der Waals surface area contributed by atoms with Crippen LogP contribution in [0, 0.1) is 6.92 Å². The Balaban J connectivity index is 1.87. The fourth-order valence-corrected chi connectivity index (χ4v) is 2.07. The summed E-state index contributed by atoms with van der Waals surface area (Å²) in [5.74, 6) is 0.374. The molecule has 24 heavy (non-hydrogen) atoms. The van der Waals surface area contributed by atoms with E-state index in [9.17, 15) is 4.79 Å². The van der Waals surface area contributed by atoms with Gasteiger partial charge in [0.25, 0.3) is 5.91 Å². The topological polar surface area (TPSA) is 53.9 Å². The molecule has 2 rings (SSSR count). The second kappa shape index (κ2) is 8.15. The lowest BCUT2D eigenvalue weighted by molar-refractivity contribution is -0.127. The number of ether oxygens (including phenoxy) is 1. The molecule has 0 saturated carbocycles. The number of nitrogens with zero attached hydrogens (tertiary/aromatic N) is 2. The molecule has 0 bridgehead atoms. The van der Waals surface area contributed by atoms with Crippen molar-refractivity contribution in [1.29, 1.82) is 0 Å². The largest absolute Gasteiger partial charge is 0.481 e. The molecule has 2 aromatic rings. The van der Waals surface area contributed by atoms with Gasteiger partial charge in [0, 0.05) is 19.8 Å². The quantitative estimate of drug-likeness (QED) is 0.656. The lowest BCUT2D eigenvalue weighted by Gasteiger charge is -2.13. The minimum atomic E-state index is -0.625. The molecule has 126 valence electrons. The van der Waals surface area contributed by atoms with Crippen LogP contribution in [0.15, 0.2) is 53.6 Å². The SMILES string of the molecule is Cc1cccc(OC(C)C(=O)NN=Cc2ccc(N(C)C)cc2)c1. The minimum Gasteiger partial charge on any atom is -0.481 e. The molecule has 1 N–H and O–H groups in total. The molecular weight excluding hydrogens is 302 g/mol. The molecular formula is C19H23N3O2. The fourth-order valence-electron chi connectivity index (χ4n) is 2.07. The first kappa shape index (κ1) is 17.5. The Morgan fingerprint density at radius 1 is 1.21 bits per heavy atom. The maximum absolute atomic E-state index is 12.0. The number of rotatable bonds is 6. The average Bonchev–Trinajstić information content (AvgIpc) is 2.55. The fraction of sp³-hybridized carbons (Fsp3) is 0.263. The molecule has 1 amide bonds. The van der Waals surface area contributed by atoms with Crippen LogP contribution in [0.1, 0.15) is 18.1 Å². The Hall–Kier alpha value is -2.82. The highest BCUT2D eigenvalue weighted by atomic mass is 16.5. The molecule has 0 aliphatic carbocycles. The summed E-state index contributed by atoms with van der Waals surface area (Å²) in [6, 6.07) is 15.5. The highest BCUT2D eigenvalue weighted by Crippen LogP contribution is 2.14. The van der Waals surface area contributed by atoms with Gasteiger partial charge in [-0.15, -0.1) is 0 Å². The number of hydrogen-bond acceptors (Lipinski definition) is 4. The van der Waals surface area contributed by atoms with Crippen LogP contribution >= 0.6 is 0 Å². The molecule has 1 unspecified atom stereocenters. The van der Waals surface area contributed by atoms with Crippen LogP contribution in [-0.2, 0) is 4.79 Å². The molecule has 0 radical (unpaired) electrons. The Morgan fingerprint density at radius 2 is 1.92 bits per heavy atom. The van der Waals surface area contributed by atoms with Gasteiger partial charge in [-0.1, -0.05) is 24.3 Å². The number of hydrazone groups is 1. The number of carbonyl (C=O) groups excluding carboxylic acids is 1. The van der Waals surface area contributed by atoms with E-state index < -0.39 is 6.10 Å². The molecule has 5 nitrogen and oxygen atoms in total. The maximum Gasteiger partial charge on any atom is 0.280 e. The zero-order chi connectivity index (χ0) is 17.5. The van der Waals surface area contributed by atoms with E-state index in [1.807, 2.05) is 74.4 Å². The zero-order valence-corrected chi connectivity index (χ0v) is 14.5. The van der Waals surface area contributed by atoms with E-state index in [4.69, 9.17) is 4.74 Å². The van der Waals surface area contributed by atoms with E-state index in [0.29, 0.717) is 5.75 Å². The second-order valence-corrected chi connectivity index (χ2v) is 5.80. The molecule has 1 atom stereocenters.